The van der Waals surface area contributed by atoms with Crippen molar-refractivity contribution in [2.75, 3.05) is 11.0 Å². The van der Waals surface area contributed by atoms with Gasteiger partial charge in [0.25, 0.3) is 0 Å². The van der Waals surface area contributed by atoms with Gasteiger partial charge >= 0.3 is 0 Å². The molecule has 0 atom stereocenters. The average molecular weight is 295 g/mol. The highest BCUT2D eigenvalue weighted by Gasteiger charge is 2.30. The molecule has 0 heterocycles. The van der Waals surface area contributed by atoms with Crippen LogP contribution in [0.15, 0.2) is 0 Å². The average Bonchev–Trinajstić information content (AvgIpc) is 2.17. The molecular formula is C11H20IO. The quantitative estimate of drug-likeness (QED) is 0.551. The predicted octanol–water partition coefficient (Wildman–Crippen LogP) is 3.96. The maximum atomic E-state index is 4.96. The van der Waals surface area contributed by atoms with Crippen LogP contribution in [0.4, 0.5) is 0 Å². The zero-order valence-electron chi connectivity index (χ0n) is 8.36. The Hall–Kier alpha value is 0.690. The first-order valence-corrected chi connectivity index (χ1v) is 6.78. The van der Waals surface area contributed by atoms with Crippen molar-refractivity contribution >= 4 is 22.6 Å². The van der Waals surface area contributed by atoms with Crippen molar-refractivity contribution < 1.29 is 4.74 Å². The summed E-state index contributed by atoms with van der Waals surface area (Å²) in [6, 6.07) is 0. The number of hydrogen-bond donors (Lipinski definition) is 0. The van der Waals surface area contributed by atoms with Crippen LogP contribution in [0, 0.1) is 12.5 Å². The normalized spacial score (nSPS) is 21.7. The highest BCUT2D eigenvalue weighted by molar-refractivity contribution is 14.1. The van der Waals surface area contributed by atoms with Crippen LogP contribution in [0.1, 0.15) is 44.9 Å². The van der Waals surface area contributed by atoms with Gasteiger partial charge in [0, 0.05) is 11.0 Å². The van der Waals surface area contributed by atoms with Crippen LogP contribution in [0.25, 0.3) is 0 Å². The summed E-state index contributed by atoms with van der Waals surface area (Å²) in [4.78, 5) is 0. The van der Waals surface area contributed by atoms with Crippen LogP contribution in [-0.2, 0) is 4.74 Å². The van der Waals surface area contributed by atoms with Crippen molar-refractivity contribution in [3.8, 4) is 0 Å². The minimum Gasteiger partial charge on any atom is -0.379 e. The highest BCUT2D eigenvalue weighted by Crippen LogP contribution is 2.42. The summed E-state index contributed by atoms with van der Waals surface area (Å²) in [6.45, 7) is 0.844. The van der Waals surface area contributed by atoms with Gasteiger partial charge in [0.15, 0.2) is 0 Å². The molecule has 1 aliphatic rings. The SMILES string of the molecule is [CH2]OCCC1(CCI)CCCCC1. The highest BCUT2D eigenvalue weighted by atomic mass is 127. The smallest absolute Gasteiger partial charge is 0.0700 e. The molecule has 77 valence electrons. The Morgan fingerprint density at radius 1 is 1.15 bits per heavy atom. The Kier molecular flexibility index (Phi) is 5.63. The molecule has 1 fully saturated rings. The van der Waals surface area contributed by atoms with E-state index >= 15 is 0 Å². The van der Waals surface area contributed by atoms with Crippen molar-refractivity contribution in [3.05, 3.63) is 7.11 Å². The summed E-state index contributed by atoms with van der Waals surface area (Å²) in [6.07, 6.45) is 9.71. The van der Waals surface area contributed by atoms with Gasteiger partial charge in [0.05, 0.1) is 7.11 Å². The fourth-order valence-electron chi connectivity index (χ4n) is 2.42. The lowest BCUT2D eigenvalue weighted by atomic mass is 9.70. The summed E-state index contributed by atoms with van der Waals surface area (Å²) in [5.41, 5.74) is 0.608. The van der Waals surface area contributed by atoms with Gasteiger partial charge in [0.2, 0.25) is 0 Å². The number of alkyl halides is 1. The van der Waals surface area contributed by atoms with E-state index in [1.54, 1.807) is 0 Å². The minimum atomic E-state index is 0.608. The molecule has 0 aromatic carbocycles. The number of hydrogen-bond acceptors (Lipinski definition) is 1. The van der Waals surface area contributed by atoms with Gasteiger partial charge in [-0.05, 0) is 31.1 Å². The predicted molar refractivity (Wildman–Crippen MR) is 64.9 cm³/mol. The summed E-state index contributed by atoms with van der Waals surface area (Å²) < 4.78 is 6.25. The lowest BCUT2D eigenvalue weighted by Crippen LogP contribution is -2.26. The molecule has 1 nitrogen and oxygen atoms in total. The lowest BCUT2D eigenvalue weighted by Gasteiger charge is -2.37. The van der Waals surface area contributed by atoms with Crippen molar-refractivity contribution in [2.24, 2.45) is 5.41 Å². The molecule has 1 saturated carbocycles. The van der Waals surface area contributed by atoms with Gasteiger partial charge in [-0.25, -0.2) is 0 Å². The van der Waals surface area contributed by atoms with Crippen LogP contribution in [0.3, 0.4) is 0 Å². The molecule has 0 bridgehead atoms. The van der Waals surface area contributed by atoms with Gasteiger partial charge < -0.3 is 4.74 Å². The van der Waals surface area contributed by atoms with Crippen LogP contribution < -0.4 is 0 Å². The summed E-state index contributed by atoms with van der Waals surface area (Å²) in [5, 5.41) is 0. The molecule has 0 amide bonds. The van der Waals surface area contributed by atoms with Gasteiger partial charge in [-0.2, -0.15) is 0 Å². The first kappa shape index (κ1) is 11.8. The van der Waals surface area contributed by atoms with Crippen molar-refractivity contribution in [2.45, 2.75) is 44.9 Å². The Morgan fingerprint density at radius 2 is 1.85 bits per heavy atom. The molecule has 0 aliphatic heterocycles. The van der Waals surface area contributed by atoms with Crippen LogP contribution in [0.5, 0.6) is 0 Å². The molecule has 1 rings (SSSR count). The van der Waals surface area contributed by atoms with E-state index in [9.17, 15) is 0 Å². The van der Waals surface area contributed by atoms with Gasteiger partial charge in [-0.15, -0.1) is 0 Å². The Bertz CT molecular complexity index is 125. The first-order chi connectivity index (χ1) is 6.33. The van der Waals surface area contributed by atoms with Crippen molar-refractivity contribution in [1.29, 1.82) is 0 Å². The van der Waals surface area contributed by atoms with Crippen LogP contribution in [0.2, 0.25) is 0 Å². The molecule has 0 aromatic heterocycles. The molecule has 0 N–H and O–H groups in total. The molecule has 13 heavy (non-hydrogen) atoms. The molecule has 2 heteroatoms. The topological polar surface area (TPSA) is 9.23 Å². The monoisotopic (exact) mass is 295 g/mol. The first-order valence-electron chi connectivity index (χ1n) is 5.26. The number of rotatable bonds is 5. The van der Waals surface area contributed by atoms with Crippen LogP contribution in [-0.4, -0.2) is 11.0 Å². The zero-order chi connectivity index (χ0) is 9.57. The molecular weight excluding hydrogens is 275 g/mol. The fraction of sp³-hybridized carbons (Fsp3) is 0.909. The van der Waals surface area contributed by atoms with E-state index in [0.717, 1.165) is 6.61 Å². The fourth-order valence-corrected chi connectivity index (χ4v) is 3.56. The summed E-state index contributed by atoms with van der Waals surface area (Å²) >= 11 is 2.50. The molecule has 0 aromatic rings. The Morgan fingerprint density at radius 3 is 2.38 bits per heavy atom. The standard InChI is InChI=1S/C11H20IO/c1-13-10-8-11(7-9-12)5-3-2-4-6-11/h1-10H2. The molecule has 0 saturated heterocycles. The third kappa shape index (κ3) is 3.74. The van der Waals surface area contributed by atoms with Crippen LogP contribution >= 0.6 is 22.6 Å². The number of halogens is 1. The zero-order valence-corrected chi connectivity index (χ0v) is 10.5. The van der Waals surface area contributed by atoms with E-state index in [4.69, 9.17) is 4.74 Å². The summed E-state index contributed by atoms with van der Waals surface area (Å²) in [5.74, 6) is 0. The van der Waals surface area contributed by atoms with E-state index in [2.05, 4.69) is 29.7 Å². The van der Waals surface area contributed by atoms with Gasteiger partial charge in [0.1, 0.15) is 0 Å². The Labute approximate surface area is 95.8 Å². The third-order valence-corrected chi connectivity index (χ3v) is 3.86. The third-order valence-electron chi connectivity index (χ3n) is 3.32. The summed E-state index contributed by atoms with van der Waals surface area (Å²) in [7, 11) is 3.46. The largest absolute Gasteiger partial charge is 0.379 e. The van der Waals surface area contributed by atoms with E-state index in [1.807, 2.05) is 0 Å². The molecule has 0 spiro atoms. The Balaban J connectivity index is 2.40. The van der Waals surface area contributed by atoms with E-state index < -0.39 is 0 Å². The molecule has 1 aliphatic carbocycles. The minimum absolute atomic E-state index is 0.608. The van der Waals surface area contributed by atoms with E-state index in [0.29, 0.717) is 5.41 Å². The van der Waals surface area contributed by atoms with Crippen molar-refractivity contribution in [3.63, 3.8) is 0 Å². The molecule has 0 unspecified atom stereocenters. The number of ether oxygens (including phenoxy) is 1. The second-order valence-electron chi connectivity index (χ2n) is 4.16. The maximum Gasteiger partial charge on any atom is 0.0700 e. The van der Waals surface area contributed by atoms with E-state index in [1.165, 1.54) is 49.4 Å². The van der Waals surface area contributed by atoms with Gasteiger partial charge in [-0.3, -0.25) is 0 Å². The van der Waals surface area contributed by atoms with Gasteiger partial charge in [-0.1, -0.05) is 41.9 Å². The lowest BCUT2D eigenvalue weighted by molar-refractivity contribution is 0.115. The molecule has 1 radical (unpaired) electrons. The van der Waals surface area contributed by atoms with Crippen molar-refractivity contribution in [1.82, 2.24) is 0 Å². The maximum absolute atomic E-state index is 4.96. The van der Waals surface area contributed by atoms with E-state index in [-0.39, 0.29) is 0 Å². The second kappa shape index (κ2) is 6.23. The second-order valence-corrected chi connectivity index (χ2v) is 5.24.